The summed E-state index contributed by atoms with van der Waals surface area (Å²) in [5.74, 6) is -0.252. The third-order valence-electron chi connectivity index (χ3n) is 5.32. The Labute approximate surface area is 179 Å². The Morgan fingerprint density at radius 2 is 1.77 bits per heavy atom. The minimum absolute atomic E-state index is 0.208. The van der Waals surface area contributed by atoms with Crippen molar-refractivity contribution in [1.82, 2.24) is 9.55 Å². The fourth-order valence-corrected chi connectivity index (χ4v) is 4.39. The molecule has 1 amide bonds. The van der Waals surface area contributed by atoms with Gasteiger partial charge in [-0.1, -0.05) is 47.5 Å². The molecule has 30 heavy (non-hydrogen) atoms. The molecule has 1 N–H and O–H groups in total. The van der Waals surface area contributed by atoms with E-state index in [2.05, 4.69) is 10.3 Å². The predicted molar refractivity (Wildman–Crippen MR) is 123 cm³/mol. The van der Waals surface area contributed by atoms with E-state index in [1.807, 2.05) is 68.6 Å². The maximum absolute atomic E-state index is 13.3. The fourth-order valence-electron chi connectivity index (χ4n) is 3.48. The first-order valence-electron chi connectivity index (χ1n) is 9.78. The average molecular weight is 418 g/mol. The van der Waals surface area contributed by atoms with E-state index >= 15 is 0 Å². The van der Waals surface area contributed by atoms with E-state index in [1.165, 1.54) is 22.2 Å². The van der Waals surface area contributed by atoms with Crippen molar-refractivity contribution in [2.24, 2.45) is 0 Å². The van der Waals surface area contributed by atoms with Gasteiger partial charge in [0.15, 0.2) is 0 Å². The molecule has 0 radical (unpaired) electrons. The highest BCUT2D eigenvalue weighted by Gasteiger charge is 2.20. The van der Waals surface area contributed by atoms with Crippen LogP contribution >= 0.6 is 11.3 Å². The number of hydrogen-bond acceptors (Lipinski definition) is 4. The van der Waals surface area contributed by atoms with Crippen molar-refractivity contribution in [1.29, 1.82) is 0 Å². The summed E-state index contributed by atoms with van der Waals surface area (Å²) in [6.07, 6.45) is 1.46. The zero-order valence-corrected chi connectivity index (χ0v) is 18.2. The van der Waals surface area contributed by atoms with E-state index in [9.17, 15) is 9.59 Å². The Hall–Kier alpha value is -3.25. The predicted octanol–water partition coefficient (Wildman–Crippen LogP) is 5.25. The van der Waals surface area contributed by atoms with Crippen molar-refractivity contribution in [3.63, 3.8) is 0 Å². The molecule has 2 aromatic heterocycles. The summed E-state index contributed by atoms with van der Waals surface area (Å²) in [6, 6.07) is 13.2. The highest BCUT2D eigenvalue weighted by Crippen LogP contribution is 2.31. The van der Waals surface area contributed by atoms with Crippen LogP contribution < -0.4 is 10.9 Å². The van der Waals surface area contributed by atoms with E-state index in [0.717, 1.165) is 33.5 Å². The molecule has 6 heteroatoms. The number of thiophene rings is 1. The van der Waals surface area contributed by atoms with E-state index < -0.39 is 6.04 Å². The minimum Gasteiger partial charge on any atom is -0.324 e. The third-order valence-corrected chi connectivity index (χ3v) is 6.20. The summed E-state index contributed by atoms with van der Waals surface area (Å²) < 4.78 is 1.41. The smallest absolute Gasteiger partial charge is 0.263 e. The highest BCUT2D eigenvalue weighted by atomic mass is 32.1. The molecule has 5 nitrogen and oxygen atoms in total. The van der Waals surface area contributed by atoms with Crippen molar-refractivity contribution in [2.45, 2.75) is 33.7 Å². The Morgan fingerprint density at radius 1 is 1.07 bits per heavy atom. The van der Waals surface area contributed by atoms with Crippen LogP contribution in [0.3, 0.4) is 0 Å². The van der Waals surface area contributed by atoms with E-state index in [-0.39, 0.29) is 11.5 Å². The molecule has 0 aliphatic carbocycles. The molecule has 0 bridgehead atoms. The lowest BCUT2D eigenvalue weighted by atomic mass is 10.0. The number of hydrogen-bond donors (Lipinski definition) is 1. The standard InChI is InChI=1S/C24H23N3O2S/c1-14-5-8-18(9-6-14)19-12-30-23-21(19)24(29)27(13-25-23)17(4)22(28)26-20-10-7-15(2)11-16(20)3/h5-13,17H,1-4H3,(H,26,28)/t17-/m1/s1. The second kappa shape index (κ2) is 7.88. The minimum atomic E-state index is -0.694. The largest absolute Gasteiger partial charge is 0.324 e. The lowest BCUT2D eigenvalue weighted by Crippen LogP contribution is -2.31. The number of anilines is 1. The zero-order valence-electron chi connectivity index (χ0n) is 17.4. The third kappa shape index (κ3) is 3.66. The van der Waals surface area contributed by atoms with Crippen molar-refractivity contribution >= 4 is 33.1 Å². The van der Waals surface area contributed by atoms with Gasteiger partial charge in [0, 0.05) is 16.6 Å². The molecule has 0 fully saturated rings. The van der Waals surface area contributed by atoms with Gasteiger partial charge in [-0.3, -0.25) is 14.2 Å². The topological polar surface area (TPSA) is 64.0 Å². The maximum atomic E-state index is 13.3. The SMILES string of the molecule is Cc1ccc(-c2csc3ncn([C@H](C)C(=O)Nc4ccc(C)cc4C)c(=O)c23)cc1. The first-order valence-corrected chi connectivity index (χ1v) is 10.7. The summed E-state index contributed by atoms with van der Waals surface area (Å²) >= 11 is 1.44. The van der Waals surface area contributed by atoms with E-state index in [1.54, 1.807) is 6.92 Å². The van der Waals surface area contributed by atoms with Crippen LogP contribution in [-0.2, 0) is 4.79 Å². The van der Waals surface area contributed by atoms with Gasteiger partial charge in [0.25, 0.3) is 5.56 Å². The number of amides is 1. The van der Waals surface area contributed by atoms with Crippen LogP contribution in [0.2, 0.25) is 0 Å². The number of nitrogens with one attached hydrogen (secondary N) is 1. The van der Waals surface area contributed by atoms with Crippen LogP contribution in [-0.4, -0.2) is 15.5 Å². The monoisotopic (exact) mass is 417 g/mol. The number of carbonyl (C=O) groups excluding carboxylic acids is 1. The highest BCUT2D eigenvalue weighted by molar-refractivity contribution is 7.17. The van der Waals surface area contributed by atoms with Crippen LogP contribution in [0.5, 0.6) is 0 Å². The van der Waals surface area contributed by atoms with Crippen molar-refractivity contribution in [2.75, 3.05) is 5.32 Å². The van der Waals surface area contributed by atoms with Crippen LogP contribution in [0.4, 0.5) is 5.69 Å². The van der Waals surface area contributed by atoms with Gasteiger partial charge in [0.05, 0.1) is 11.7 Å². The summed E-state index contributed by atoms with van der Waals surface area (Å²) in [5, 5.41) is 5.44. The molecule has 0 saturated carbocycles. The first kappa shape index (κ1) is 20.0. The first-order chi connectivity index (χ1) is 14.3. The van der Waals surface area contributed by atoms with Gasteiger partial charge in [0.2, 0.25) is 5.91 Å². The Kier molecular flexibility index (Phi) is 5.26. The molecule has 0 aliphatic rings. The van der Waals surface area contributed by atoms with Crippen molar-refractivity contribution < 1.29 is 4.79 Å². The summed E-state index contributed by atoms with van der Waals surface area (Å²) in [6.45, 7) is 7.70. The van der Waals surface area contributed by atoms with Crippen molar-refractivity contribution in [3.8, 4) is 11.1 Å². The molecule has 0 unspecified atom stereocenters. The van der Waals surface area contributed by atoms with Gasteiger partial charge in [-0.05, 0) is 44.9 Å². The van der Waals surface area contributed by atoms with Gasteiger partial charge in [-0.25, -0.2) is 4.98 Å². The van der Waals surface area contributed by atoms with Gasteiger partial charge >= 0.3 is 0 Å². The number of benzene rings is 2. The van der Waals surface area contributed by atoms with Gasteiger partial charge in [0.1, 0.15) is 10.9 Å². The van der Waals surface area contributed by atoms with Gasteiger partial charge in [-0.15, -0.1) is 11.3 Å². The van der Waals surface area contributed by atoms with E-state index in [0.29, 0.717) is 10.2 Å². The molecular weight excluding hydrogens is 394 g/mol. The molecular formula is C24H23N3O2S. The summed E-state index contributed by atoms with van der Waals surface area (Å²) in [4.78, 5) is 31.3. The number of rotatable bonds is 4. The molecule has 0 aliphatic heterocycles. The fraction of sp³-hybridized carbons (Fsp3) is 0.208. The van der Waals surface area contributed by atoms with Crippen LogP contribution in [0.15, 0.2) is 59.0 Å². The zero-order chi connectivity index (χ0) is 21.4. The Balaban J connectivity index is 1.71. The number of carbonyl (C=O) groups is 1. The number of aryl methyl sites for hydroxylation is 3. The van der Waals surface area contributed by atoms with Crippen LogP contribution in [0.1, 0.15) is 29.7 Å². The van der Waals surface area contributed by atoms with Crippen LogP contribution in [0.25, 0.3) is 21.3 Å². The number of aromatic nitrogens is 2. The van der Waals surface area contributed by atoms with Crippen molar-refractivity contribution in [3.05, 3.63) is 81.2 Å². The molecule has 2 heterocycles. The summed E-state index contributed by atoms with van der Waals surface area (Å²) in [5.41, 5.74) is 5.63. The van der Waals surface area contributed by atoms with Gasteiger partial charge < -0.3 is 5.32 Å². The molecule has 0 spiro atoms. The lowest BCUT2D eigenvalue weighted by molar-refractivity contribution is -0.118. The normalized spacial score (nSPS) is 12.1. The maximum Gasteiger partial charge on any atom is 0.263 e. The summed E-state index contributed by atoms with van der Waals surface area (Å²) in [7, 11) is 0. The molecule has 2 aromatic carbocycles. The number of nitrogens with zero attached hydrogens (tertiary/aromatic N) is 2. The average Bonchev–Trinajstić information content (AvgIpc) is 3.15. The Morgan fingerprint density at radius 3 is 2.47 bits per heavy atom. The van der Waals surface area contributed by atoms with Gasteiger partial charge in [-0.2, -0.15) is 0 Å². The van der Waals surface area contributed by atoms with Crippen LogP contribution in [0, 0.1) is 20.8 Å². The molecule has 0 saturated heterocycles. The molecule has 152 valence electrons. The Bertz CT molecular complexity index is 1300. The second-order valence-corrected chi connectivity index (χ2v) is 8.49. The molecule has 1 atom stereocenters. The second-order valence-electron chi connectivity index (χ2n) is 7.64. The van der Waals surface area contributed by atoms with E-state index in [4.69, 9.17) is 0 Å². The quantitative estimate of drug-likeness (QED) is 0.493. The lowest BCUT2D eigenvalue weighted by Gasteiger charge is -2.16. The number of fused-ring (bicyclic) bond motifs is 1. The molecule has 4 aromatic rings. The molecule has 4 rings (SSSR count).